The predicted molar refractivity (Wildman–Crippen MR) is 74.7 cm³/mol. The molecular weight excluding hydrogens is 226 g/mol. The summed E-state index contributed by atoms with van der Waals surface area (Å²) in [6.45, 7) is 5.05. The molecule has 0 spiro atoms. The molecule has 0 aromatic rings. The second kappa shape index (κ2) is 6.85. The van der Waals surface area contributed by atoms with Crippen molar-refractivity contribution in [3.05, 3.63) is 0 Å². The van der Waals surface area contributed by atoms with Gasteiger partial charge in [-0.3, -0.25) is 4.90 Å². The fraction of sp³-hybridized carbons (Fsp3) is 1.00. The largest absolute Gasteiger partial charge is 0.381 e. The van der Waals surface area contributed by atoms with Crippen LogP contribution in [0, 0.1) is 5.92 Å². The van der Waals surface area contributed by atoms with Crippen molar-refractivity contribution in [2.45, 2.75) is 37.8 Å². The lowest BCUT2D eigenvalue weighted by molar-refractivity contribution is 0.0128. The van der Waals surface area contributed by atoms with Crippen LogP contribution in [-0.2, 0) is 4.74 Å². The van der Waals surface area contributed by atoms with Crippen LogP contribution in [0.15, 0.2) is 0 Å². The van der Waals surface area contributed by atoms with Gasteiger partial charge in [0.1, 0.15) is 0 Å². The van der Waals surface area contributed by atoms with Crippen LogP contribution in [0.2, 0.25) is 0 Å². The van der Waals surface area contributed by atoms with E-state index in [1.54, 1.807) is 0 Å². The van der Waals surface area contributed by atoms with Gasteiger partial charge < -0.3 is 15.4 Å². The van der Waals surface area contributed by atoms with Crippen molar-refractivity contribution >= 4 is 0 Å². The number of hydrogen-bond acceptors (Lipinski definition) is 4. The number of ether oxygens (including phenoxy) is 1. The Balaban J connectivity index is 1.93. The maximum Gasteiger partial charge on any atom is 0.0469 e. The molecule has 0 radical (unpaired) electrons. The highest BCUT2D eigenvalue weighted by Gasteiger charge is 2.31. The van der Waals surface area contributed by atoms with E-state index in [9.17, 15) is 0 Å². The molecule has 2 atom stereocenters. The van der Waals surface area contributed by atoms with E-state index in [-0.39, 0.29) is 0 Å². The van der Waals surface area contributed by atoms with E-state index in [4.69, 9.17) is 10.5 Å². The first-order chi connectivity index (χ1) is 8.72. The van der Waals surface area contributed by atoms with Crippen LogP contribution in [0.4, 0.5) is 0 Å². The molecule has 0 amide bonds. The Morgan fingerprint density at radius 2 is 2.06 bits per heavy atom. The predicted octanol–water partition coefficient (Wildman–Crippen LogP) is 0.766. The summed E-state index contributed by atoms with van der Waals surface area (Å²) in [5.41, 5.74) is 6.05. The van der Waals surface area contributed by atoms with Crippen molar-refractivity contribution in [3.8, 4) is 0 Å². The molecule has 2 unspecified atom stereocenters. The van der Waals surface area contributed by atoms with Crippen molar-refractivity contribution in [2.75, 3.05) is 46.9 Å². The molecule has 4 nitrogen and oxygen atoms in total. The fourth-order valence-electron chi connectivity index (χ4n) is 3.53. The molecule has 2 fully saturated rings. The Bertz CT molecular complexity index is 243. The molecule has 2 saturated heterocycles. The standard InChI is InChI=1S/C14H29N3O/c1-16-7-3-4-13(11-16)17(2)14(10-15)12-5-8-18-9-6-12/h12-14H,3-11,15H2,1-2H3. The van der Waals surface area contributed by atoms with Gasteiger partial charge in [-0.05, 0) is 52.2 Å². The van der Waals surface area contributed by atoms with Crippen molar-refractivity contribution in [1.29, 1.82) is 0 Å². The second-order valence-corrected chi connectivity index (χ2v) is 5.98. The molecule has 0 aromatic carbocycles. The maximum atomic E-state index is 6.05. The Morgan fingerprint density at radius 3 is 2.67 bits per heavy atom. The number of nitrogens with zero attached hydrogens (tertiary/aromatic N) is 2. The van der Waals surface area contributed by atoms with Crippen molar-refractivity contribution < 1.29 is 4.74 Å². The van der Waals surface area contributed by atoms with Gasteiger partial charge in [0.2, 0.25) is 0 Å². The molecule has 2 heterocycles. The van der Waals surface area contributed by atoms with E-state index >= 15 is 0 Å². The summed E-state index contributed by atoms with van der Waals surface area (Å²) in [6, 6.07) is 1.21. The molecule has 0 bridgehead atoms. The zero-order valence-corrected chi connectivity index (χ0v) is 12.0. The number of rotatable bonds is 4. The van der Waals surface area contributed by atoms with Gasteiger partial charge in [0, 0.05) is 38.4 Å². The third-order valence-corrected chi connectivity index (χ3v) is 4.75. The molecular formula is C14H29N3O. The molecule has 0 saturated carbocycles. The third kappa shape index (κ3) is 3.44. The van der Waals surface area contributed by atoms with Crippen LogP contribution >= 0.6 is 0 Å². The first kappa shape index (κ1) is 14.3. The summed E-state index contributed by atoms with van der Waals surface area (Å²) in [6.07, 6.45) is 4.99. The van der Waals surface area contributed by atoms with E-state index in [0.29, 0.717) is 12.1 Å². The average molecular weight is 255 g/mol. The number of likely N-dealkylation sites (N-methyl/N-ethyl adjacent to an activating group) is 2. The minimum atomic E-state index is 0.533. The smallest absolute Gasteiger partial charge is 0.0469 e. The molecule has 4 heteroatoms. The Kier molecular flexibility index (Phi) is 5.42. The second-order valence-electron chi connectivity index (χ2n) is 5.98. The van der Waals surface area contributed by atoms with Gasteiger partial charge in [-0.25, -0.2) is 0 Å². The summed E-state index contributed by atoms with van der Waals surface area (Å²) in [4.78, 5) is 5.01. The number of nitrogens with two attached hydrogens (primary N) is 1. The van der Waals surface area contributed by atoms with Gasteiger partial charge in [0.05, 0.1) is 0 Å². The van der Waals surface area contributed by atoms with Gasteiger partial charge in [0.15, 0.2) is 0 Å². The van der Waals surface area contributed by atoms with E-state index in [0.717, 1.165) is 25.7 Å². The highest BCUT2D eigenvalue weighted by atomic mass is 16.5. The zero-order valence-electron chi connectivity index (χ0n) is 12.0. The van der Waals surface area contributed by atoms with Gasteiger partial charge in [-0.15, -0.1) is 0 Å². The first-order valence-corrected chi connectivity index (χ1v) is 7.40. The number of likely N-dealkylation sites (tertiary alicyclic amines) is 1. The van der Waals surface area contributed by atoms with Gasteiger partial charge in [0.25, 0.3) is 0 Å². The topological polar surface area (TPSA) is 41.7 Å². The summed E-state index contributed by atoms with van der Waals surface area (Å²) in [5.74, 6) is 0.723. The number of hydrogen-bond donors (Lipinski definition) is 1. The highest BCUT2D eigenvalue weighted by molar-refractivity contribution is 4.87. The Hall–Kier alpha value is -0.160. The summed E-state index contributed by atoms with van der Waals surface area (Å²) >= 11 is 0. The van der Waals surface area contributed by atoms with Crippen molar-refractivity contribution in [1.82, 2.24) is 9.80 Å². The molecule has 106 valence electrons. The lowest BCUT2D eigenvalue weighted by Gasteiger charge is -2.43. The van der Waals surface area contributed by atoms with E-state index < -0.39 is 0 Å². The molecule has 2 aliphatic rings. The normalized spacial score (nSPS) is 29.7. The third-order valence-electron chi connectivity index (χ3n) is 4.75. The fourth-order valence-corrected chi connectivity index (χ4v) is 3.53. The SMILES string of the molecule is CN1CCCC(N(C)C(CN)C2CCOCC2)C1. The minimum Gasteiger partial charge on any atom is -0.381 e. The van der Waals surface area contributed by atoms with E-state index in [1.165, 1.54) is 38.8 Å². The molecule has 18 heavy (non-hydrogen) atoms. The van der Waals surface area contributed by atoms with Crippen LogP contribution < -0.4 is 5.73 Å². The van der Waals surface area contributed by atoms with Crippen LogP contribution in [0.5, 0.6) is 0 Å². The first-order valence-electron chi connectivity index (χ1n) is 7.40. The quantitative estimate of drug-likeness (QED) is 0.805. The lowest BCUT2D eigenvalue weighted by Crippen LogP contribution is -2.54. The average Bonchev–Trinajstić information content (AvgIpc) is 2.41. The summed E-state index contributed by atoms with van der Waals surface area (Å²) < 4.78 is 5.47. The van der Waals surface area contributed by atoms with Crippen LogP contribution in [0.25, 0.3) is 0 Å². The zero-order chi connectivity index (χ0) is 13.0. The lowest BCUT2D eigenvalue weighted by atomic mass is 9.89. The minimum absolute atomic E-state index is 0.533. The van der Waals surface area contributed by atoms with Gasteiger partial charge >= 0.3 is 0 Å². The van der Waals surface area contributed by atoms with Crippen molar-refractivity contribution in [2.24, 2.45) is 11.7 Å². The van der Waals surface area contributed by atoms with Crippen molar-refractivity contribution in [3.63, 3.8) is 0 Å². The molecule has 0 aromatic heterocycles. The Morgan fingerprint density at radius 1 is 1.33 bits per heavy atom. The highest BCUT2D eigenvalue weighted by Crippen LogP contribution is 2.25. The van der Waals surface area contributed by atoms with Gasteiger partial charge in [-0.1, -0.05) is 0 Å². The number of piperidine rings is 1. The maximum absolute atomic E-state index is 6.05. The molecule has 2 rings (SSSR count). The summed E-state index contributed by atoms with van der Waals surface area (Å²) in [5, 5.41) is 0. The molecule has 2 aliphatic heterocycles. The van der Waals surface area contributed by atoms with Crippen LogP contribution in [-0.4, -0.2) is 68.8 Å². The molecule has 0 aliphatic carbocycles. The monoisotopic (exact) mass is 255 g/mol. The molecule has 2 N–H and O–H groups in total. The Labute approximate surface area is 111 Å². The van der Waals surface area contributed by atoms with E-state index in [1.807, 2.05) is 0 Å². The van der Waals surface area contributed by atoms with Crippen LogP contribution in [0.1, 0.15) is 25.7 Å². The van der Waals surface area contributed by atoms with Crippen LogP contribution in [0.3, 0.4) is 0 Å². The van der Waals surface area contributed by atoms with Gasteiger partial charge in [-0.2, -0.15) is 0 Å². The summed E-state index contributed by atoms with van der Waals surface area (Å²) in [7, 11) is 4.50. The van der Waals surface area contributed by atoms with E-state index in [2.05, 4.69) is 23.9 Å².